The first kappa shape index (κ1) is 27.0. The number of carbonyl (C=O) groups is 1. The summed E-state index contributed by atoms with van der Waals surface area (Å²) in [5, 5.41) is 3.33. The highest BCUT2D eigenvalue weighted by Gasteiger charge is 2.25. The third kappa shape index (κ3) is 6.54. The molecule has 8 nitrogen and oxygen atoms in total. The molecule has 1 aliphatic heterocycles. The van der Waals surface area contributed by atoms with Gasteiger partial charge in [0.05, 0.1) is 16.3 Å². The number of hydrogen-bond donors (Lipinski definition) is 2. The number of likely N-dealkylation sites (N-methyl/N-ethyl adjacent to an activating group) is 2. The van der Waals surface area contributed by atoms with Crippen molar-refractivity contribution in [2.75, 3.05) is 69.5 Å². The minimum absolute atomic E-state index is 0.107. The van der Waals surface area contributed by atoms with Crippen LogP contribution in [0.4, 0.5) is 11.4 Å². The fraction of sp³-hybridized carbons (Fsp3) is 0.500. The summed E-state index contributed by atoms with van der Waals surface area (Å²) in [6.07, 6.45) is 0. The van der Waals surface area contributed by atoms with Crippen molar-refractivity contribution in [3.05, 3.63) is 52.6 Å². The lowest BCUT2D eigenvalue weighted by molar-refractivity contribution is 0.0754. The third-order valence-electron chi connectivity index (χ3n) is 6.30. The summed E-state index contributed by atoms with van der Waals surface area (Å²) in [7, 11) is 0.0833. The Kier molecular flexibility index (Phi) is 8.79. The molecule has 1 heterocycles. The molecule has 0 atom stereocenters. The van der Waals surface area contributed by atoms with Crippen LogP contribution in [0.1, 0.15) is 34.0 Å². The average molecular weight is 502 g/mol. The topological polar surface area (TPSA) is 85.0 Å². The van der Waals surface area contributed by atoms with Crippen molar-refractivity contribution in [3.63, 3.8) is 0 Å². The zero-order valence-electron chi connectivity index (χ0n) is 21.8. The number of hydrogen-bond acceptors (Lipinski definition) is 6. The first-order chi connectivity index (χ1) is 16.5. The second-order valence-electron chi connectivity index (χ2n) is 9.49. The molecule has 0 saturated carbocycles. The zero-order valence-corrected chi connectivity index (χ0v) is 22.6. The molecule has 0 radical (unpaired) electrons. The Morgan fingerprint density at radius 2 is 1.66 bits per heavy atom. The van der Waals surface area contributed by atoms with Crippen LogP contribution in [0.2, 0.25) is 0 Å². The predicted molar refractivity (Wildman–Crippen MR) is 143 cm³/mol. The standard InChI is InChI=1S/C26H39N5O3S/c1-7-30(15-14-29(5)6)26(32)22-8-9-24(31-12-10-27-11-13-31)23(18-22)28-35(33,34)25-20(3)16-19(2)17-21(25)4/h8-9,16-18,27-28H,7,10-15H2,1-6H3. The smallest absolute Gasteiger partial charge is 0.262 e. The van der Waals surface area contributed by atoms with Gasteiger partial charge in [-0.25, -0.2) is 8.42 Å². The molecule has 0 spiro atoms. The van der Waals surface area contributed by atoms with Gasteiger partial charge in [0, 0.05) is 51.4 Å². The van der Waals surface area contributed by atoms with E-state index in [-0.39, 0.29) is 10.8 Å². The Morgan fingerprint density at radius 3 is 2.23 bits per heavy atom. The molecule has 2 N–H and O–H groups in total. The Balaban J connectivity index is 2.02. The third-order valence-corrected chi connectivity index (χ3v) is 7.98. The van der Waals surface area contributed by atoms with Gasteiger partial charge in [0.15, 0.2) is 0 Å². The van der Waals surface area contributed by atoms with Crippen LogP contribution in [-0.4, -0.2) is 84.0 Å². The monoisotopic (exact) mass is 501 g/mol. The van der Waals surface area contributed by atoms with Crippen molar-refractivity contribution in [2.45, 2.75) is 32.6 Å². The fourth-order valence-electron chi connectivity index (χ4n) is 4.63. The summed E-state index contributed by atoms with van der Waals surface area (Å²) in [5.41, 5.74) is 4.11. The van der Waals surface area contributed by atoms with Gasteiger partial charge in [-0.3, -0.25) is 9.52 Å². The van der Waals surface area contributed by atoms with Crippen molar-refractivity contribution < 1.29 is 13.2 Å². The van der Waals surface area contributed by atoms with Gasteiger partial charge >= 0.3 is 0 Å². The summed E-state index contributed by atoms with van der Waals surface area (Å²) in [4.78, 5) is 19.6. The van der Waals surface area contributed by atoms with Crippen molar-refractivity contribution in [1.29, 1.82) is 0 Å². The summed E-state index contributed by atoms with van der Waals surface area (Å²) in [6.45, 7) is 12.6. The average Bonchev–Trinajstić information content (AvgIpc) is 2.78. The number of carbonyl (C=O) groups excluding carboxylic acids is 1. The SMILES string of the molecule is CCN(CCN(C)C)C(=O)c1ccc(N2CCNCC2)c(NS(=O)(=O)c2c(C)cc(C)cc2C)c1. The van der Waals surface area contributed by atoms with Crippen LogP contribution in [0.15, 0.2) is 35.2 Å². The molecule has 192 valence electrons. The molecule has 1 fully saturated rings. The van der Waals surface area contributed by atoms with Crippen molar-refractivity contribution in [3.8, 4) is 0 Å². The minimum atomic E-state index is -3.87. The second kappa shape index (κ2) is 11.4. The van der Waals surface area contributed by atoms with Gasteiger partial charge in [0.25, 0.3) is 15.9 Å². The highest BCUT2D eigenvalue weighted by molar-refractivity contribution is 7.92. The number of benzene rings is 2. The van der Waals surface area contributed by atoms with E-state index in [2.05, 4.69) is 14.9 Å². The van der Waals surface area contributed by atoms with E-state index in [1.807, 2.05) is 64.9 Å². The van der Waals surface area contributed by atoms with Crippen LogP contribution in [0.3, 0.4) is 0 Å². The van der Waals surface area contributed by atoms with Crippen molar-refractivity contribution in [1.82, 2.24) is 15.1 Å². The van der Waals surface area contributed by atoms with E-state index in [1.165, 1.54) is 0 Å². The number of nitrogens with one attached hydrogen (secondary N) is 2. The first-order valence-electron chi connectivity index (χ1n) is 12.2. The van der Waals surface area contributed by atoms with Crippen LogP contribution in [0, 0.1) is 20.8 Å². The molecule has 0 bridgehead atoms. The Morgan fingerprint density at radius 1 is 1.03 bits per heavy atom. The predicted octanol–water partition coefficient (Wildman–Crippen LogP) is 2.85. The molecule has 2 aromatic rings. The van der Waals surface area contributed by atoms with Gasteiger partial charge in [0.1, 0.15) is 0 Å². The molecule has 0 unspecified atom stereocenters. The number of piperazine rings is 1. The Labute approximate surface area is 210 Å². The zero-order chi connectivity index (χ0) is 25.8. The molecule has 9 heteroatoms. The van der Waals surface area contributed by atoms with Gasteiger partial charge in [-0.05, 0) is 71.1 Å². The maximum absolute atomic E-state index is 13.6. The summed E-state index contributed by atoms with van der Waals surface area (Å²) in [5.74, 6) is -0.107. The number of sulfonamides is 1. The van der Waals surface area contributed by atoms with Crippen molar-refractivity contribution >= 4 is 27.3 Å². The van der Waals surface area contributed by atoms with Gasteiger partial charge < -0.3 is 20.0 Å². The molecule has 35 heavy (non-hydrogen) atoms. The number of nitrogens with zero attached hydrogens (tertiary/aromatic N) is 3. The minimum Gasteiger partial charge on any atom is -0.367 e. The van der Waals surface area contributed by atoms with E-state index in [4.69, 9.17) is 0 Å². The maximum atomic E-state index is 13.6. The molecule has 2 aromatic carbocycles. The van der Waals surface area contributed by atoms with Crippen LogP contribution < -0.4 is 14.9 Å². The van der Waals surface area contributed by atoms with Gasteiger partial charge in [0.2, 0.25) is 0 Å². The molecule has 3 rings (SSSR count). The largest absolute Gasteiger partial charge is 0.367 e. The molecular weight excluding hydrogens is 462 g/mol. The molecule has 1 amide bonds. The molecule has 1 aliphatic rings. The van der Waals surface area contributed by atoms with Crippen LogP contribution in [-0.2, 0) is 10.0 Å². The number of aryl methyl sites for hydroxylation is 3. The highest BCUT2D eigenvalue weighted by Crippen LogP contribution is 2.32. The second-order valence-corrected chi connectivity index (χ2v) is 11.1. The van der Waals surface area contributed by atoms with Gasteiger partial charge in [-0.1, -0.05) is 17.7 Å². The lowest BCUT2D eigenvalue weighted by Gasteiger charge is -2.32. The normalized spacial score (nSPS) is 14.3. The molecule has 1 saturated heterocycles. The number of rotatable bonds is 9. The highest BCUT2D eigenvalue weighted by atomic mass is 32.2. The lowest BCUT2D eigenvalue weighted by Crippen LogP contribution is -2.44. The van der Waals surface area contributed by atoms with Crippen LogP contribution in [0.5, 0.6) is 0 Å². The van der Waals surface area contributed by atoms with Crippen molar-refractivity contribution in [2.24, 2.45) is 0 Å². The summed E-state index contributed by atoms with van der Waals surface area (Å²) >= 11 is 0. The Bertz CT molecular complexity index is 1130. The van der Waals surface area contributed by atoms with E-state index in [9.17, 15) is 13.2 Å². The lowest BCUT2D eigenvalue weighted by atomic mass is 10.1. The first-order valence-corrected chi connectivity index (χ1v) is 13.7. The number of anilines is 2. The van der Waals surface area contributed by atoms with Gasteiger partial charge in [-0.2, -0.15) is 0 Å². The van der Waals surface area contributed by atoms with E-state index >= 15 is 0 Å². The van der Waals surface area contributed by atoms with Crippen LogP contribution in [0.25, 0.3) is 0 Å². The number of amides is 1. The molecule has 0 aliphatic carbocycles. The van der Waals surface area contributed by atoms with E-state index in [0.29, 0.717) is 35.5 Å². The van der Waals surface area contributed by atoms with E-state index in [0.717, 1.165) is 44.0 Å². The molecule has 0 aromatic heterocycles. The summed E-state index contributed by atoms with van der Waals surface area (Å²) < 4.78 is 30.0. The fourth-order valence-corrected chi connectivity index (χ4v) is 6.15. The summed E-state index contributed by atoms with van der Waals surface area (Å²) in [6, 6.07) is 9.11. The van der Waals surface area contributed by atoms with E-state index < -0.39 is 10.0 Å². The maximum Gasteiger partial charge on any atom is 0.262 e. The van der Waals surface area contributed by atoms with E-state index in [1.54, 1.807) is 17.0 Å². The Hall–Kier alpha value is -2.62. The quantitative estimate of drug-likeness (QED) is 0.550. The van der Waals surface area contributed by atoms with Crippen LogP contribution >= 0.6 is 0 Å². The molecular formula is C26H39N5O3S. The van der Waals surface area contributed by atoms with Gasteiger partial charge in [-0.15, -0.1) is 0 Å².